The van der Waals surface area contributed by atoms with Crippen LogP contribution in [0.4, 0.5) is 0 Å². The number of fused-ring (bicyclic) bond motifs is 1. The zero-order valence-corrected chi connectivity index (χ0v) is 20.7. The Morgan fingerprint density at radius 1 is 1.33 bits per heavy atom. The lowest BCUT2D eigenvalue weighted by Gasteiger charge is -2.35. The minimum Gasteiger partial charge on any atom is -0.383 e. The number of ether oxygens (including phenoxy) is 1. The summed E-state index contributed by atoms with van der Waals surface area (Å²) < 4.78 is 9.28. The van der Waals surface area contributed by atoms with E-state index in [4.69, 9.17) is 4.74 Å². The third-order valence-electron chi connectivity index (χ3n) is 5.25. The number of rotatable bonds is 8. The van der Waals surface area contributed by atoms with Crippen molar-refractivity contribution in [3.63, 3.8) is 0 Å². The first-order valence-electron chi connectivity index (χ1n) is 10.3. The van der Waals surface area contributed by atoms with E-state index in [9.17, 15) is 9.59 Å². The molecule has 0 aliphatic carbocycles. The molecule has 3 rings (SSSR count). The summed E-state index contributed by atoms with van der Waals surface area (Å²) in [6.45, 7) is 4.14. The first-order valence-corrected chi connectivity index (χ1v) is 13.0. The molecule has 0 N–H and O–H groups in total. The summed E-state index contributed by atoms with van der Waals surface area (Å²) in [7, 11) is 1.66. The van der Waals surface area contributed by atoms with Crippen LogP contribution < -0.4 is 4.80 Å². The summed E-state index contributed by atoms with van der Waals surface area (Å²) in [6.07, 6.45) is 4.35. The van der Waals surface area contributed by atoms with Crippen molar-refractivity contribution in [3.8, 4) is 0 Å². The van der Waals surface area contributed by atoms with E-state index in [1.165, 1.54) is 29.5 Å². The van der Waals surface area contributed by atoms with Gasteiger partial charge in [0, 0.05) is 30.7 Å². The molecule has 6 nitrogen and oxygen atoms in total. The summed E-state index contributed by atoms with van der Waals surface area (Å²) in [5, 5.41) is 0. The summed E-state index contributed by atoms with van der Waals surface area (Å²) in [4.78, 5) is 32.1. The zero-order valence-electron chi connectivity index (χ0n) is 17.4. The van der Waals surface area contributed by atoms with Crippen LogP contribution in [0.3, 0.4) is 0 Å². The van der Waals surface area contributed by atoms with Gasteiger partial charge in [-0.2, -0.15) is 4.99 Å². The lowest BCUT2D eigenvalue weighted by atomic mass is 10.0. The molecule has 1 aromatic carbocycles. The maximum absolute atomic E-state index is 12.6. The third-order valence-corrected chi connectivity index (χ3v) is 7.69. The van der Waals surface area contributed by atoms with Crippen molar-refractivity contribution in [3.05, 3.63) is 27.5 Å². The molecule has 0 spiro atoms. The Hall–Kier alpha value is -1.16. The Balaban J connectivity index is 1.65. The summed E-state index contributed by atoms with van der Waals surface area (Å²) in [6, 6.07) is 6.38. The minimum absolute atomic E-state index is 0.140. The molecule has 1 saturated heterocycles. The second-order valence-electron chi connectivity index (χ2n) is 7.28. The van der Waals surface area contributed by atoms with Gasteiger partial charge in [0.05, 0.1) is 28.3 Å². The summed E-state index contributed by atoms with van der Waals surface area (Å²) in [5.74, 6) is 0.468. The molecule has 2 aromatic rings. The number of thiazole rings is 1. The second kappa shape index (κ2) is 11.5. The molecular weight excluding hydrogens is 486 g/mol. The standard InChI is InChI=1S/C21H28BrN3O3S2/c1-3-16-6-4-5-9-24(16)20(27)14-29-13-19(26)23-21-25(10-11-28-2)17-8-7-15(22)12-18(17)30-21/h7-8,12,16H,3-6,9-11,13-14H2,1-2H3. The summed E-state index contributed by atoms with van der Waals surface area (Å²) in [5.41, 5.74) is 1.03. The Morgan fingerprint density at radius 3 is 2.93 bits per heavy atom. The van der Waals surface area contributed by atoms with Gasteiger partial charge in [0.25, 0.3) is 5.91 Å². The fourth-order valence-corrected chi connectivity index (χ4v) is 6.04. The van der Waals surface area contributed by atoms with Gasteiger partial charge in [-0.3, -0.25) is 9.59 Å². The Bertz CT molecular complexity index is 957. The molecule has 2 heterocycles. The normalized spacial score (nSPS) is 17.6. The fourth-order valence-electron chi connectivity index (χ4n) is 3.73. The van der Waals surface area contributed by atoms with E-state index >= 15 is 0 Å². The van der Waals surface area contributed by atoms with Gasteiger partial charge >= 0.3 is 0 Å². The highest BCUT2D eigenvalue weighted by Gasteiger charge is 2.25. The number of amides is 2. The first-order chi connectivity index (χ1) is 14.5. The van der Waals surface area contributed by atoms with Gasteiger partial charge in [-0.1, -0.05) is 34.2 Å². The lowest BCUT2D eigenvalue weighted by molar-refractivity contribution is -0.132. The van der Waals surface area contributed by atoms with Gasteiger partial charge in [0.15, 0.2) is 4.80 Å². The average molecular weight is 515 g/mol. The molecule has 9 heteroatoms. The molecular formula is C21H28BrN3O3S2. The number of thioether (sulfide) groups is 1. The van der Waals surface area contributed by atoms with E-state index in [-0.39, 0.29) is 17.6 Å². The van der Waals surface area contributed by atoms with Crippen LogP contribution in [-0.4, -0.2) is 59.1 Å². The summed E-state index contributed by atoms with van der Waals surface area (Å²) >= 11 is 6.34. The smallest absolute Gasteiger partial charge is 0.258 e. The minimum atomic E-state index is -0.213. The number of carbonyl (C=O) groups is 2. The van der Waals surface area contributed by atoms with Crippen LogP contribution in [0.15, 0.2) is 27.7 Å². The molecule has 164 valence electrons. The number of likely N-dealkylation sites (tertiary alicyclic amines) is 1. The molecule has 0 bridgehead atoms. The van der Waals surface area contributed by atoms with Crippen molar-refractivity contribution in [1.29, 1.82) is 0 Å². The van der Waals surface area contributed by atoms with Gasteiger partial charge in [-0.05, 0) is 43.9 Å². The Labute approximate surface area is 193 Å². The molecule has 0 radical (unpaired) electrons. The van der Waals surface area contributed by atoms with Crippen molar-refractivity contribution in [2.24, 2.45) is 4.99 Å². The highest BCUT2D eigenvalue weighted by atomic mass is 79.9. The van der Waals surface area contributed by atoms with Crippen LogP contribution in [0.1, 0.15) is 32.6 Å². The van der Waals surface area contributed by atoms with Gasteiger partial charge in [-0.15, -0.1) is 11.8 Å². The quantitative estimate of drug-likeness (QED) is 0.533. The van der Waals surface area contributed by atoms with Gasteiger partial charge in [-0.25, -0.2) is 0 Å². The first kappa shape index (κ1) is 23.5. The number of aromatic nitrogens is 1. The predicted octanol–water partition coefficient (Wildman–Crippen LogP) is 4.06. The number of piperidine rings is 1. The van der Waals surface area contributed by atoms with Crippen molar-refractivity contribution in [2.75, 3.05) is 31.8 Å². The highest BCUT2D eigenvalue weighted by molar-refractivity contribution is 9.10. The van der Waals surface area contributed by atoms with E-state index in [0.717, 1.165) is 40.5 Å². The Kier molecular flexibility index (Phi) is 8.98. The van der Waals surface area contributed by atoms with Crippen molar-refractivity contribution in [2.45, 2.75) is 45.2 Å². The van der Waals surface area contributed by atoms with Crippen LogP contribution in [0.5, 0.6) is 0 Å². The van der Waals surface area contributed by atoms with Crippen LogP contribution in [0.2, 0.25) is 0 Å². The van der Waals surface area contributed by atoms with Gasteiger partial charge in [0.1, 0.15) is 0 Å². The molecule has 2 amide bonds. The molecule has 1 aromatic heterocycles. The monoisotopic (exact) mass is 513 g/mol. The number of nitrogens with zero attached hydrogens (tertiary/aromatic N) is 3. The van der Waals surface area contributed by atoms with E-state index in [1.807, 2.05) is 27.7 Å². The van der Waals surface area contributed by atoms with E-state index in [0.29, 0.717) is 29.7 Å². The zero-order chi connectivity index (χ0) is 21.5. The number of carbonyl (C=O) groups excluding carboxylic acids is 2. The van der Waals surface area contributed by atoms with Gasteiger partial charge < -0.3 is 14.2 Å². The van der Waals surface area contributed by atoms with Gasteiger partial charge in [0.2, 0.25) is 5.91 Å². The highest BCUT2D eigenvalue weighted by Crippen LogP contribution is 2.23. The molecule has 1 atom stereocenters. The van der Waals surface area contributed by atoms with Crippen LogP contribution >= 0.6 is 39.0 Å². The number of methoxy groups -OCH3 is 1. The third kappa shape index (κ3) is 5.96. The molecule has 1 aliphatic rings. The number of halogens is 1. The topological polar surface area (TPSA) is 63.9 Å². The van der Waals surface area contributed by atoms with Crippen molar-refractivity contribution < 1.29 is 14.3 Å². The predicted molar refractivity (Wildman–Crippen MR) is 127 cm³/mol. The fraction of sp³-hybridized carbons (Fsp3) is 0.571. The molecule has 0 saturated carbocycles. The SMILES string of the molecule is CCC1CCCCN1C(=O)CSCC(=O)N=c1sc2cc(Br)ccc2n1CCOC. The number of hydrogen-bond donors (Lipinski definition) is 0. The number of benzene rings is 1. The van der Waals surface area contributed by atoms with E-state index in [1.54, 1.807) is 7.11 Å². The largest absolute Gasteiger partial charge is 0.383 e. The van der Waals surface area contributed by atoms with Crippen molar-refractivity contribution >= 4 is 61.1 Å². The van der Waals surface area contributed by atoms with Crippen LogP contribution in [0, 0.1) is 0 Å². The lowest BCUT2D eigenvalue weighted by Crippen LogP contribution is -2.44. The maximum atomic E-state index is 12.6. The van der Waals surface area contributed by atoms with Crippen LogP contribution in [-0.2, 0) is 20.9 Å². The van der Waals surface area contributed by atoms with E-state index < -0.39 is 0 Å². The van der Waals surface area contributed by atoms with Crippen LogP contribution in [0.25, 0.3) is 10.2 Å². The second-order valence-corrected chi connectivity index (χ2v) is 10.2. The maximum Gasteiger partial charge on any atom is 0.258 e. The molecule has 1 unspecified atom stereocenters. The number of hydrogen-bond acceptors (Lipinski definition) is 5. The molecule has 1 aliphatic heterocycles. The average Bonchev–Trinajstić information content (AvgIpc) is 3.07. The Morgan fingerprint density at radius 2 is 2.17 bits per heavy atom. The van der Waals surface area contributed by atoms with E-state index in [2.05, 4.69) is 27.8 Å². The van der Waals surface area contributed by atoms with Crippen molar-refractivity contribution in [1.82, 2.24) is 9.47 Å². The molecule has 30 heavy (non-hydrogen) atoms. The molecule has 1 fully saturated rings.